The molecule has 0 heterocycles. The molecule has 0 aliphatic carbocycles. The van der Waals surface area contributed by atoms with Gasteiger partial charge in [0.1, 0.15) is 0 Å². The van der Waals surface area contributed by atoms with E-state index in [0.29, 0.717) is 0 Å². The highest BCUT2D eigenvalue weighted by molar-refractivity contribution is 9.08. The van der Waals surface area contributed by atoms with Crippen molar-refractivity contribution in [3.8, 4) is 0 Å². The molecule has 0 bridgehead atoms. The monoisotopic (exact) mass is 317 g/mol. The summed E-state index contributed by atoms with van der Waals surface area (Å²) in [6, 6.07) is 15.2. The quantitative estimate of drug-likeness (QED) is 0.686. The first-order valence-electron chi connectivity index (χ1n) is 6.66. The summed E-state index contributed by atoms with van der Waals surface area (Å²) in [6.45, 7) is 7.47. The lowest BCUT2D eigenvalue weighted by atomic mass is 10.1. The van der Waals surface area contributed by atoms with Crippen LogP contribution in [0.1, 0.15) is 23.6 Å². The van der Waals surface area contributed by atoms with Crippen LogP contribution in [0.2, 0.25) is 0 Å². The molecule has 0 aliphatic heterocycles. The highest BCUT2D eigenvalue weighted by Gasteiger charge is 2.12. The number of rotatable bonds is 4. The van der Waals surface area contributed by atoms with E-state index in [1.54, 1.807) is 0 Å². The van der Waals surface area contributed by atoms with E-state index < -0.39 is 0 Å². The maximum absolute atomic E-state index is 3.60. The Kier molecular flexibility index (Phi) is 4.65. The van der Waals surface area contributed by atoms with E-state index in [-0.39, 0.29) is 0 Å². The Labute approximate surface area is 124 Å². The summed E-state index contributed by atoms with van der Waals surface area (Å²) in [6.07, 6.45) is 0. The van der Waals surface area contributed by atoms with Crippen LogP contribution in [0.15, 0.2) is 42.5 Å². The number of hydrogen-bond donors (Lipinski definition) is 0. The van der Waals surface area contributed by atoms with Gasteiger partial charge in [-0.05, 0) is 44.0 Å². The molecule has 0 aliphatic rings. The Bertz CT molecular complexity index is 563. The Morgan fingerprint density at radius 1 is 1.00 bits per heavy atom. The first kappa shape index (κ1) is 14.1. The third-order valence-corrected chi connectivity index (χ3v) is 4.00. The molecule has 0 atom stereocenters. The lowest BCUT2D eigenvalue weighted by Crippen LogP contribution is -2.18. The van der Waals surface area contributed by atoms with Crippen molar-refractivity contribution in [3.05, 3.63) is 59.2 Å². The van der Waals surface area contributed by atoms with Crippen molar-refractivity contribution in [2.24, 2.45) is 0 Å². The zero-order chi connectivity index (χ0) is 13.8. The van der Waals surface area contributed by atoms with Crippen LogP contribution >= 0.6 is 15.9 Å². The molecule has 0 unspecified atom stereocenters. The van der Waals surface area contributed by atoms with Gasteiger partial charge in [-0.25, -0.2) is 0 Å². The third-order valence-electron chi connectivity index (χ3n) is 3.39. The van der Waals surface area contributed by atoms with Crippen LogP contribution in [-0.2, 0) is 5.33 Å². The number of anilines is 2. The minimum Gasteiger partial charge on any atom is -0.341 e. The number of aryl methyl sites for hydroxylation is 2. The molecule has 19 heavy (non-hydrogen) atoms. The fourth-order valence-corrected chi connectivity index (χ4v) is 2.87. The first-order chi connectivity index (χ1) is 9.17. The van der Waals surface area contributed by atoms with Crippen LogP contribution in [0.5, 0.6) is 0 Å². The minimum absolute atomic E-state index is 0.881. The Morgan fingerprint density at radius 2 is 1.74 bits per heavy atom. The molecule has 0 amide bonds. The van der Waals surface area contributed by atoms with Crippen LogP contribution in [0, 0.1) is 13.8 Å². The van der Waals surface area contributed by atoms with Gasteiger partial charge in [-0.15, -0.1) is 0 Å². The highest BCUT2D eigenvalue weighted by Crippen LogP contribution is 2.32. The second kappa shape index (κ2) is 6.25. The molecule has 0 fully saturated rings. The van der Waals surface area contributed by atoms with Crippen LogP contribution in [0.25, 0.3) is 0 Å². The van der Waals surface area contributed by atoms with E-state index in [9.17, 15) is 0 Å². The van der Waals surface area contributed by atoms with Crippen molar-refractivity contribution in [1.29, 1.82) is 0 Å². The van der Waals surface area contributed by atoms with E-state index in [1.807, 2.05) is 0 Å². The SMILES string of the molecule is CCN(c1ccccc1C)c1ccc(C)cc1CBr. The number of alkyl halides is 1. The van der Waals surface area contributed by atoms with Gasteiger partial charge in [-0.3, -0.25) is 0 Å². The van der Waals surface area contributed by atoms with Gasteiger partial charge in [0, 0.05) is 23.2 Å². The normalized spacial score (nSPS) is 10.5. The molecule has 1 nitrogen and oxygen atoms in total. The highest BCUT2D eigenvalue weighted by atomic mass is 79.9. The number of para-hydroxylation sites is 1. The summed E-state index contributed by atoms with van der Waals surface area (Å²) in [7, 11) is 0. The summed E-state index contributed by atoms with van der Waals surface area (Å²) in [5, 5.41) is 0.881. The average Bonchev–Trinajstić information content (AvgIpc) is 2.43. The predicted molar refractivity (Wildman–Crippen MR) is 87.7 cm³/mol. The van der Waals surface area contributed by atoms with Crippen LogP contribution < -0.4 is 4.90 Å². The molecule has 0 N–H and O–H groups in total. The second-order valence-corrected chi connectivity index (χ2v) is 5.36. The zero-order valence-corrected chi connectivity index (χ0v) is 13.4. The van der Waals surface area contributed by atoms with Crippen LogP contribution in [-0.4, -0.2) is 6.54 Å². The maximum atomic E-state index is 3.60. The lowest BCUT2D eigenvalue weighted by Gasteiger charge is -2.27. The van der Waals surface area contributed by atoms with E-state index >= 15 is 0 Å². The van der Waals surface area contributed by atoms with Crippen molar-refractivity contribution in [2.75, 3.05) is 11.4 Å². The Hall–Kier alpha value is -1.28. The number of halogens is 1. The molecule has 2 aromatic carbocycles. The maximum Gasteiger partial charge on any atom is 0.0452 e. The van der Waals surface area contributed by atoms with Crippen molar-refractivity contribution < 1.29 is 0 Å². The van der Waals surface area contributed by atoms with Crippen molar-refractivity contribution in [2.45, 2.75) is 26.1 Å². The summed E-state index contributed by atoms with van der Waals surface area (Å²) < 4.78 is 0. The predicted octanol–water partition coefficient (Wildman–Crippen LogP) is 5.36. The van der Waals surface area contributed by atoms with Gasteiger partial charge in [0.2, 0.25) is 0 Å². The molecule has 0 aromatic heterocycles. The van der Waals surface area contributed by atoms with Crippen LogP contribution in [0.4, 0.5) is 11.4 Å². The third kappa shape index (κ3) is 3.01. The molecule has 2 aromatic rings. The van der Waals surface area contributed by atoms with E-state index in [2.05, 4.69) is 84.1 Å². The molecular weight excluding hydrogens is 298 g/mol. The zero-order valence-electron chi connectivity index (χ0n) is 11.8. The van der Waals surface area contributed by atoms with Gasteiger partial charge >= 0.3 is 0 Å². The smallest absolute Gasteiger partial charge is 0.0452 e. The number of nitrogens with zero attached hydrogens (tertiary/aromatic N) is 1. The van der Waals surface area contributed by atoms with E-state index in [0.717, 1.165) is 11.9 Å². The summed E-state index contributed by atoms with van der Waals surface area (Å²) in [5.74, 6) is 0. The molecule has 0 saturated heterocycles. The molecule has 0 spiro atoms. The fraction of sp³-hybridized carbons (Fsp3) is 0.294. The number of benzene rings is 2. The van der Waals surface area contributed by atoms with Gasteiger partial charge in [0.25, 0.3) is 0 Å². The minimum atomic E-state index is 0.881. The second-order valence-electron chi connectivity index (χ2n) is 4.80. The van der Waals surface area contributed by atoms with Gasteiger partial charge in [0.15, 0.2) is 0 Å². The van der Waals surface area contributed by atoms with E-state index in [4.69, 9.17) is 0 Å². The lowest BCUT2D eigenvalue weighted by molar-refractivity contribution is 1.01. The first-order valence-corrected chi connectivity index (χ1v) is 7.78. The average molecular weight is 318 g/mol. The molecule has 0 saturated carbocycles. The fourth-order valence-electron chi connectivity index (χ4n) is 2.42. The summed E-state index contributed by atoms with van der Waals surface area (Å²) in [4.78, 5) is 2.38. The van der Waals surface area contributed by atoms with Gasteiger partial charge in [-0.1, -0.05) is 51.8 Å². The molecule has 2 rings (SSSR count). The van der Waals surface area contributed by atoms with Crippen LogP contribution in [0.3, 0.4) is 0 Å². The summed E-state index contributed by atoms with van der Waals surface area (Å²) >= 11 is 3.60. The molecule has 0 radical (unpaired) electrons. The largest absolute Gasteiger partial charge is 0.341 e. The summed E-state index contributed by atoms with van der Waals surface area (Å²) in [5.41, 5.74) is 6.53. The standard InChI is InChI=1S/C17H20BrN/c1-4-19(16-8-6-5-7-14(16)3)17-10-9-13(2)11-15(17)12-18/h5-11H,4,12H2,1-3H3. The Balaban J connectivity index is 2.51. The van der Waals surface area contributed by atoms with Crippen molar-refractivity contribution in [3.63, 3.8) is 0 Å². The molecule has 2 heteroatoms. The van der Waals surface area contributed by atoms with Crippen molar-refractivity contribution in [1.82, 2.24) is 0 Å². The number of hydrogen-bond acceptors (Lipinski definition) is 1. The van der Waals surface area contributed by atoms with E-state index in [1.165, 1.54) is 28.1 Å². The Morgan fingerprint density at radius 3 is 2.37 bits per heavy atom. The van der Waals surface area contributed by atoms with Gasteiger partial charge in [0.05, 0.1) is 0 Å². The molecule has 100 valence electrons. The van der Waals surface area contributed by atoms with Gasteiger partial charge < -0.3 is 4.90 Å². The van der Waals surface area contributed by atoms with Crippen molar-refractivity contribution >= 4 is 27.3 Å². The topological polar surface area (TPSA) is 3.24 Å². The van der Waals surface area contributed by atoms with Gasteiger partial charge in [-0.2, -0.15) is 0 Å². The molecular formula is C17H20BrN.